The lowest BCUT2D eigenvalue weighted by Gasteiger charge is -2.36. The van der Waals surface area contributed by atoms with Gasteiger partial charge in [0.05, 0.1) is 19.0 Å². The first-order valence-electron chi connectivity index (χ1n) is 11.4. The van der Waals surface area contributed by atoms with Crippen LogP contribution in [0, 0.1) is 0 Å². The molecule has 0 saturated carbocycles. The standard InChI is InChI=1S/C27H28N4O4/c1-34-25-14-8-6-12-23(25)30-15-17-31(18-16-30)27(33)26(32)29-28-19-22-11-5-7-13-24(22)35-20-21-9-3-2-4-10-21/h2-14,19H,15-18,20H2,1H3,(H,29,32)/b28-19+. The van der Waals surface area contributed by atoms with E-state index in [1.165, 1.54) is 11.1 Å². The van der Waals surface area contributed by atoms with Crippen LogP contribution in [0.1, 0.15) is 11.1 Å². The number of hydrazone groups is 1. The number of hydrogen-bond acceptors (Lipinski definition) is 6. The molecule has 4 rings (SSSR count). The number of nitrogens with one attached hydrogen (secondary N) is 1. The van der Waals surface area contributed by atoms with Gasteiger partial charge in [-0.1, -0.05) is 54.6 Å². The molecule has 35 heavy (non-hydrogen) atoms. The zero-order valence-corrected chi connectivity index (χ0v) is 19.6. The van der Waals surface area contributed by atoms with Crippen molar-refractivity contribution < 1.29 is 19.1 Å². The lowest BCUT2D eigenvalue weighted by molar-refractivity contribution is -0.146. The first-order valence-corrected chi connectivity index (χ1v) is 11.4. The van der Waals surface area contributed by atoms with Crippen molar-refractivity contribution in [2.45, 2.75) is 6.61 Å². The van der Waals surface area contributed by atoms with Crippen molar-refractivity contribution in [3.05, 3.63) is 90.0 Å². The van der Waals surface area contributed by atoms with Crippen molar-refractivity contribution in [2.75, 3.05) is 38.2 Å². The van der Waals surface area contributed by atoms with Crippen LogP contribution in [0.2, 0.25) is 0 Å². The highest BCUT2D eigenvalue weighted by atomic mass is 16.5. The number of amides is 2. The molecule has 1 aliphatic heterocycles. The van der Waals surface area contributed by atoms with Crippen LogP contribution in [-0.4, -0.2) is 56.2 Å². The van der Waals surface area contributed by atoms with Gasteiger partial charge in [-0.25, -0.2) is 5.43 Å². The van der Waals surface area contributed by atoms with E-state index in [4.69, 9.17) is 9.47 Å². The van der Waals surface area contributed by atoms with Crippen molar-refractivity contribution in [1.29, 1.82) is 0 Å². The normalized spacial score (nSPS) is 13.5. The summed E-state index contributed by atoms with van der Waals surface area (Å²) in [5.41, 5.74) is 5.06. The minimum atomic E-state index is -0.769. The smallest absolute Gasteiger partial charge is 0.329 e. The van der Waals surface area contributed by atoms with Gasteiger partial charge in [0, 0.05) is 31.7 Å². The summed E-state index contributed by atoms with van der Waals surface area (Å²) in [7, 11) is 1.64. The largest absolute Gasteiger partial charge is 0.495 e. The molecule has 8 heteroatoms. The van der Waals surface area contributed by atoms with E-state index >= 15 is 0 Å². The third-order valence-electron chi connectivity index (χ3n) is 5.71. The molecule has 0 unspecified atom stereocenters. The Balaban J connectivity index is 1.29. The molecule has 1 aliphatic rings. The number of para-hydroxylation sites is 3. The average Bonchev–Trinajstić information content (AvgIpc) is 2.92. The van der Waals surface area contributed by atoms with Crippen LogP contribution in [0.5, 0.6) is 11.5 Å². The van der Waals surface area contributed by atoms with Crippen LogP contribution >= 0.6 is 0 Å². The summed E-state index contributed by atoms with van der Waals surface area (Å²) in [4.78, 5) is 28.7. The molecule has 180 valence electrons. The minimum Gasteiger partial charge on any atom is -0.495 e. The monoisotopic (exact) mass is 472 g/mol. The second-order valence-electron chi connectivity index (χ2n) is 7.96. The van der Waals surface area contributed by atoms with Gasteiger partial charge < -0.3 is 19.3 Å². The van der Waals surface area contributed by atoms with Gasteiger partial charge in [-0.3, -0.25) is 9.59 Å². The van der Waals surface area contributed by atoms with E-state index in [1.807, 2.05) is 78.9 Å². The van der Waals surface area contributed by atoms with Crippen molar-refractivity contribution >= 4 is 23.7 Å². The van der Waals surface area contributed by atoms with Crippen LogP contribution < -0.4 is 19.8 Å². The van der Waals surface area contributed by atoms with E-state index in [0.29, 0.717) is 44.1 Å². The van der Waals surface area contributed by atoms with E-state index in [-0.39, 0.29) is 0 Å². The van der Waals surface area contributed by atoms with Gasteiger partial charge in [0.2, 0.25) is 0 Å². The number of methoxy groups -OCH3 is 1. The fourth-order valence-electron chi connectivity index (χ4n) is 3.85. The van der Waals surface area contributed by atoms with Gasteiger partial charge in [0.1, 0.15) is 18.1 Å². The number of rotatable bonds is 7. The Morgan fingerprint density at radius 3 is 2.29 bits per heavy atom. The molecule has 2 amide bonds. The molecular weight excluding hydrogens is 444 g/mol. The maximum absolute atomic E-state index is 12.6. The predicted molar refractivity (Wildman–Crippen MR) is 135 cm³/mol. The molecule has 3 aromatic rings. The number of carbonyl (C=O) groups excluding carboxylic acids is 2. The molecule has 1 fully saturated rings. The highest BCUT2D eigenvalue weighted by Gasteiger charge is 2.26. The summed E-state index contributed by atoms with van der Waals surface area (Å²) in [6, 6.07) is 25.0. The predicted octanol–water partition coefficient (Wildman–Crippen LogP) is 3.07. The first kappa shape index (κ1) is 23.8. The Hall–Kier alpha value is -4.33. The van der Waals surface area contributed by atoms with E-state index in [2.05, 4.69) is 15.4 Å². The van der Waals surface area contributed by atoms with Crippen LogP contribution in [0.4, 0.5) is 5.69 Å². The molecule has 0 radical (unpaired) electrons. The highest BCUT2D eigenvalue weighted by molar-refractivity contribution is 6.35. The Labute approximate surface area is 204 Å². The molecule has 0 bridgehead atoms. The van der Waals surface area contributed by atoms with Gasteiger partial charge in [-0.15, -0.1) is 0 Å². The van der Waals surface area contributed by atoms with E-state index < -0.39 is 11.8 Å². The van der Waals surface area contributed by atoms with Gasteiger partial charge in [-0.2, -0.15) is 5.10 Å². The molecule has 0 atom stereocenters. The summed E-state index contributed by atoms with van der Waals surface area (Å²) >= 11 is 0. The zero-order valence-electron chi connectivity index (χ0n) is 19.6. The van der Waals surface area contributed by atoms with Crippen molar-refractivity contribution in [2.24, 2.45) is 5.10 Å². The SMILES string of the molecule is COc1ccccc1N1CCN(C(=O)C(=O)N/N=C/c2ccccc2OCc2ccccc2)CC1. The quantitative estimate of drug-likeness (QED) is 0.325. The molecular formula is C27H28N4O4. The van der Waals surface area contributed by atoms with Gasteiger partial charge in [-0.05, 0) is 29.8 Å². The minimum absolute atomic E-state index is 0.414. The lowest BCUT2D eigenvalue weighted by atomic mass is 10.2. The topological polar surface area (TPSA) is 83.5 Å². The van der Waals surface area contributed by atoms with Crippen LogP contribution in [0.15, 0.2) is 84.0 Å². The summed E-state index contributed by atoms with van der Waals surface area (Å²) in [5.74, 6) is 0.0469. The van der Waals surface area contributed by atoms with Crippen molar-refractivity contribution in [3.63, 3.8) is 0 Å². The summed E-state index contributed by atoms with van der Waals surface area (Å²) in [6.07, 6.45) is 1.48. The molecule has 8 nitrogen and oxygen atoms in total. The fourth-order valence-corrected chi connectivity index (χ4v) is 3.85. The maximum atomic E-state index is 12.6. The van der Waals surface area contributed by atoms with E-state index in [0.717, 1.165) is 17.0 Å². The Kier molecular flexibility index (Phi) is 7.96. The maximum Gasteiger partial charge on any atom is 0.329 e. The second-order valence-corrected chi connectivity index (χ2v) is 7.96. The lowest BCUT2D eigenvalue weighted by Crippen LogP contribution is -2.52. The summed E-state index contributed by atoms with van der Waals surface area (Å²) in [6.45, 7) is 2.50. The van der Waals surface area contributed by atoms with Crippen molar-refractivity contribution in [3.8, 4) is 11.5 Å². The van der Waals surface area contributed by atoms with Gasteiger partial charge >= 0.3 is 11.8 Å². The molecule has 1 heterocycles. The third-order valence-corrected chi connectivity index (χ3v) is 5.71. The molecule has 1 N–H and O–H groups in total. The van der Waals surface area contributed by atoms with E-state index in [9.17, 15) is 9.59 Å². The summed E-state index contributed by atoms with van der Waals surface area (Å²) < 4.78 is 11.3. The summed E-state index contributed by atoms with van der Waals surface area (Å²) in [5, 5.41) is 3.98. The molecule has 3 aromatic carbocycles. The molecule has 0 aromatic heterocycles. The number of anilines is 1. The zero-order chi connectivity index (χ0) is 24.5. The second kappa shape index (κ2) is 11.7. The average molecular weight is 473 g/mol. The highest BCUT2D eigenvalue weighted by Crippen LogP contribution is 2.28. The third kappa shape index (κ3) is 6.17. The van der Waals surface area contributed by atoms with Gasteiger partial charge in [0.25, 0.3) is 0 Å². The molecule has 0 aliphatic carbocycles. The Bertz CT molecular complexity index is 1170. The number of nitrogens with zero attached hydrogens (tertiary/aromatic N) is 3. The molecule has 0 spiro atoms. The van der Waals surface area contributed by atoms with Crippen LogP contribution in [0.25, 0.3) is 0 Å². The Morgan fingerprint density at radius 2 is 1.54 bits per heavy atom. The van der Waals surface area contributed by atoms with Crippen LogP contribution in [0.3, 0.4) is 0 Å². The first-order chi connectivity index (χ1) is 17.2. The van der Waals surface area contributed by atoms with Crippen molar-refractivity contribution in [1.82, 2.24) is 10.3 Å². The number of ether oxygens (including phenoxy) is 2. The van der Waals surface area contributed by atoms with Crippen LogP contribution in [-0.2, 0) is 16.2 Å². The fraction of sp³-hybridized carbons (Fsp3) is 0.222. The molecule has 1 saturated heterocycles. The number of benzene rings is 3. The number of hydrogen-bond donors (Lipinski definition) is 1. The van der Waals surface area contributed by atoms with Gasteiger partial charge in [0.15, 0.2) is 0 Å². The van der Waals surface area contributed by atoms with E-state index in [1.54, 1.807) is 7.11 Å². The Morgan fingerprint density at radius 1 is 0.886 bits per heavy atom. The number of piperazine rings is 1. The number of carbonyl (C=O) groups is 2.